The van der Waals surface area contributed by atoms with E-state index in [2.05, 4.69) is 33.8 Å². The predicted molar refractivity (Wildman–Crippen MR) is 116 cm³/mol. The lowest BCUT2D eigenvalue weighted by molar-refractivity contribution is -0.124. The highest BCUT2D eigenvalue weighted by molar-refractivity contribution is 5.97. The summed E-state index contributed by atoms with van der Waals surface area (Å²) in [6.45, 7) is 2.74. The van der Waals surface area contributed by atoms with E-state index in [9.17, 15) is 4.79 Å². The minimum Gasteiger partial charge on any atom is -0.383 e. The number of H-pyrrole nitrogens is 1. The Kier molecular flexibility index (Phi) is 5.93. The van der Waals surface area contributed by atoms with Crippen molar-refractivity contribution in [2.24, 2.45) is 0 Å². The van der Waals surface area contributed by atoms with E-state index in [4.69, 9.17) is 5.21 Å². The summed E-state index contributed by atoms with van der Waals surface area (Å²) < 4.78 is 0. The second-order valence-electron chi connectivity index (χ2n) is 7.33. The Morgan fingerprint density at radius 2 is 2.03 bits per heavy atom. The van der Waals surface area contributed by atoms with Gasteiger partial charge in [-0.05, 0) is 54.6 Å². The first-order valence-corrected chi connectivity index (χ1v) is 10.0. The number of carbonyl (C=O) groups is 1. The SMILES string of the molecule is O=C(/C=C/c1ccc(CNCCc2cccc3[nH]c4c(c23)NCCC4)cc1)NO. The average Bonchev–Trinajstić information content (AvgIpc) is 3.15. The van der Waals surface area contributed by atoms with Gasteiger partial charge in [0.15, 0.2) is 0 Å². The fourth-order valence-corrected chi connectivity index (χ4v) is 3.86. The third-order valence-corrected chi connectivity index (χ3v) is 5.31. The molecule has 29 heavy (non-hydrogen) atoms. The average molecular weight is 390 g/mol. The number of amides is 1. The number of carbonyl (C=O) groups excluding carboxylic acids is 1. The van der Waals surface area contributed by atoms with Gasteiger partial charge in [0.1, 0.15) is 0 Å². The van der Waals surface area contributed by atoms with Crippen LogP contribution in [0.4, 0.5) is 5.69 Å². The molecule has 0 saturated heterocycles. The zero-order valence-corrected chi connectivity index (χ0v) is 16.3. The predicted octanol–water partition coefficient (Wildman–Crippen LogP) is 3.38. The van der Waals surface area contributed by atoms with Gasteiger partial charge in [-0.15, -0.1) is 0 Å². The number of fused-ring (bicyclic) bond motifs is 3. The van der Waals surface area contributed by atoms with E-state index in [0.29, 0.717) is 0 Å². The third kappa shape index (κ3) is 4.50. The highest BCUT2D eigenvalue weighted by Gasteiger charge is 2.16. The van der Waals surface area contributed by atoms with Crippen molar-refractivity contribution in [2.45, 2.75) is 25.8 Å². The molecule has 1 aliphatic rings. The van der Waals surface area contributed by atoms with E-state index in [0.717, 1.165) is 38.0 Å². The maximum absolute atomic E-state index is 11.0. The van der Waals surface area contributed by atoms with Crippen LogP contribution in [0.1, 0.15) is 28.8 Å². The van der Waals surface area contributed by atoms with Gasteiger partial charge in [0.05, 0.1) is 5.69 Å². The number of anilines is 1. The van der Waals surface area contributed by atoms with Crippen molar-refractivity contribution >= 4 is 28.6 Å². The maximum atomic E-state index is 11.0. The van der Waals surface area contributed by atoms with E-state index >= 15 is 0 Å². The fraction of sp³-hybridized carbons (Fsp3) is 0.261. The molecule has 0 radical (unpaired) electrons. The largest absolute Gasteiger partial charge is 0.383 e. The number of hydrogen-bond donors (Lipinski definition) is 5. The number of aromatic amines is 1. The summed E-state index contributed by atoms with van der Waals surface area (Å²) in [7, 11) is 0. The maximum Gasteiger partial charge on any atom is 0.267 e. The van der Waals surface area contributed by atoms with Crippen LogP contribution in [0.25, 0.3) is 17.0 Å². The molecule has 6 nitrogen and oxygen atoms in total. The van der Waals surface area contributed by atoms with Gasteiger partial charge in [-0.3, -0.25) is 10.0 Å². The molecule has 0 atom stereocenters. The zero-order chi connectivity index (χ0) is 20.1. The van der Waals surface area contributed by atoms with Crippen LogP contribution in [0.3, 0.4) is 0 Å². The molecule has 1 amide bonds. The van der Waals surface area contributed by atoms with Gasteiger partial charge in [-0.2, -0.15) is 0 Å². The van der Waals surface area contributed by atoms with Crippen LogP contribution < -0.4 is 16.1 Å². The Morgan fingerprint density at radius 1 is 1.17 bits per heavy atom. The van der Waals surface area contributed by atoms with Crippen molar-refractivity contribution in [3.05, 3.63) is 70.9 Å². The lowest BCUT2D eigenvalue weighted by Gasteiger charge is -2.15. The summed E-state index contributed by atoms with van der Waals surface area (Å²) in [5, 5.41) is 16.9. The molecule has 1 aliphatic heterocycles. The summed E-state index contributed by atoms with van der Waals surface area (Å²) in [5.74, 6) is -0.537. The van der Waals surface area contributed by atoms with Gasteiger partial charge >= 0.3 is 0 Å². The first-order valence-electron chi connectivity index (χ1n) is 10.0. The quantitative estimate of drug-likeness (QED) is 0.185. The molecule has 0 bridgehead atoms. The number of hydrogen-bond acceptors (Lipinski definition) is 4. The van der Waals surface area contributed by atoms with Gasteiger partial charge in [0, 0.05) is 35.8 Å². The molecule has 0 spiro atoms. The second-order valence-corrected chi connectivity index (χ2v) is 7.33. The zero-order valence-electron chi connectivity index (χ0n) is 16.3. The first kappa shape index (κ1) is 19.2. The molecule has 2 aromatic carbocycles. The fourth-order valence-electron chi connectivity index (χ4n) is 3.86. The highest BCUT2D eigenvalue weighted by atomic mass is 16.5. The Labute approximate surface area is 170 Å². The minimum absolute atomic E-state index is 0.537. The van der Waals surface area contributed by atoms with Gasteiger partial charge in [0.25, 0.3) is 5.91 Å². The molecule has 2 heterocycles. The van der Waals surface area contributed by atoms with E-state index in [1.165, 1.54) is 45.9 Å². The van der Waals surface area contributed by atoms with E-state index in [-0.39, 0.29) is 0 Å². The number of nitrogens with one attached hydrogen (secondary N) is 4. The Morgan fingerprint density at radius 3 is 2.86 bits per heavy atom. The van der Waals surface area contributed by atoms with E-state index in [1.807, 2.05) is 24.3 Å². The number of aryl methyl sites for hydroxylation is 1. The van der Waals surface area contributed by atoms with Crippen molar-refractivity contribution in [1.29, 1.82) is 0 Å². The molecule has 0 unspecified atom stereocenters. The molecule has 5 N–H and O–H groups in total. The van der Waals surface area contributed by atoms with Crippen LogP contribution in [0.2, 0.25) is 0 Å². The number of hydroxylamine groups is 1. The first-order chi connectivity index (χ1) is 14.2. The van der Waals surface area contributed by atoms with Crippen LogP contribution in [0.5, 0.6) is 0 Å². The number of rotatable bonds is 7. The van der Waals surface area contributed by atoms with Crippen molar-refractivity contribution in [3.63, 3.8) is 0 Å². The molecule has 3 aromatic rings. The molecule has 4 rings (SSSR count). The lowest BCUT2D eigenvalue weighted by atomic mass is 10.0. The molecule has 150 valence electrons. The van der Waals surface area contributed by atoms with Crippen LogP contribution in [-0.2, 0) is 24.2 Å². The monoisotopic (exact) mass is 390 g/mol. The van der Waals surface area contributed by atoms with E-state index in [1.54, 1.807) is 11.6 Å². The topological polar surface area (TPSA) is 89.2 Å². The molecule has 6 heteroatoms. The van der Waals surface area contributed by atoms with Crippen LogP contribution in [0, 0.1) is 0 Å². The summed E-state index contributed by atoms with van der Waals surface area (Å²) in [6.07, 6.45) is 6.22. The minimum atomic E-state index is -0.537. The molecule has 0 aliphatic carbocycles. The smallest absolute Gasteiger partial charge is 0.267 e. The van der Waals surface area contributed by atoms with Crippen LogP contribution in [0.15, 0.2) is 48.5 Å². The molecule has 1 aromatic heterocycles. The summed E-state index contributed by atoms with van der Waals surface area (Å²) in [5.41, 5.74) is 8.89. The Balaban J connectivity index is 1.34. The summed E-state index contributed by atoms with van der Waals surface area (Å²) in [4.78, 5) is 14.6. The molecular formula is C23H26N4O2. The normalized spacial score (nSPS) is 13.4. The van der Waals surface area contributed by atoms with Crippen molar-refractivity contribution < 1.29 is 10.0 Å². The van der Waals surface area contributed by atoms with Gasteiger partial charge in [-0.25, -0.2) is 5.48 Å². The second kappa shape index (κ2) is 8.94. The van der Waals surface area contributed by atoms with Crippen molar-refractivity contribution in [1.82, 2.24) is 15.8 Å². The van der Waals surface area contributed by atoms with Crippen molar-refractivity contribution in [3.8, 4) is 0 Å². The lowest BCUT2D eigenvalue weighted by Crippen LogP contribution is -2.17. The summed E-state index contributed by atoms with van der Waals surface area (Å²) in [6, 6.07) is 14.5. The Hall–Kier alpha value is -3.09. The van der Waals surface area contributed by atoms with Gasteiger partial charge in [0.2, 0.25) is 0 Å². The molecular weight excluding hydrogens is 364 g/mol. The third-order valence-electron chi connectivity index (χ3n) is 5.31. The van der Waals surface area contributed by atoms with Gasteiger partial charge < -0.3 is 15.6 Å². The van der Waals surface area contributed by atoms with Crippen molar-refractivity contribution in [2.75, 3.05) is 18.4 Å². The Bertz CT molecular complexity index is 1020. The summed E-state index contributed by atoms with van der Waals surface area (Å²) >= 11 is 0. The van der Waals surface area contributed by atoms with Crippen LogP contribution >= 0.6 is 0 Å². The molecule has 0 fully saturated rings. The van der Waals surface area contributed by atoms with Crippen LogP contribution in [-0.4, -0.2) is 29.2 Å². The number of benzene rings is 2. The highest BCUT2D eigenvalue weighted by Crippen LogP contribution is 2.33. The van der Waals surface area contributed by atoms with E-state index < -0.39 is 5.91 Å². The number of aromatic nitrogens is 1. The van der Waals surface area contributed by atoms with Gasteiger partial charge in [-0.1, -0.05) is 36.4 Å². The molecule has 0 saturated carbocycles. The standard InChI is InChI=1S/C23H26N4O2/c28-21(27-29)11-10-16-6-8-17(9-7-16)15-24-14-12-18-3-1-4-19-22(18)23-20(26-19)5-2-13-25-23/h1,3-4,6-11,24-26,29H,2,5,12-15H2,(H,27,28)/b11-10+.